The lowest BCUT2D eigenvalue weighted by Gasteiger charge is -2.17. The van der Waals surface area contributed by atoms with Gasteiger partial charge >= 0.3 is 17.9 Å². The van der Waals surface area contributed by atoms with Gasteiger partial charge in [0.25, 0.3) is 0 Å². The van der Waals surface area contributed by atoms with Crippen molar-refractivity contribution in [3.05, 3.63) is 0 Å². The van der Waals surface area contributed by atoms with Crippen molar-refractivity contribution >= 4 is 17.9 Å². The van der Waals surface area contributed by atoms with E-state index in [4.69, 9.17) is 20.1 Å². The maximum absolute atomic E-state index is 10.3. The molecule has 5 N–H and O–H groups in total. The number of rotatable bonds is 10. The molecule has 0 aliphatic heterocycles. The molecule has 0 saturated heterocycles. The molecule has 0 rings (SSSR count). The lowest BCUT2D eigenvalue weighted by atomic mass is 10.5. The summed E-state index contributed by atoms with van der Waals surface area (Å²) in [6.07, 6.45) is -0.887. The minimum absolute atomic E-state index is 0.0210. The van der Waals surface area contributed by atoms with Crippen LogP contribution in [0.5, 0.6) is 0 Å². The zero-order valence-electron chi connectivity index (χ0n) is 8.88. The van der Waals surface area contributed by atoms with Gasteiger partial charge in [0.1, 0.15) is 12.8 Å². The Morgan fingerprint density at radius 1 is 1.00 bits per heavy atom. The van der Waals surface area contributed by atoms with E-state index in [-0.39, 0.29) is 13.1 Å². The Kier molecular flexibility index (Phi) is 7.59. The van der Waals surface area contributed by atoms with Gasteiger partial charge in [-0.3, -0.25) is 14.9 Å². The molecule has 9 nitrogen and oxygen atoms in total. The Morgan fingerprint density at radius 2 is 1.59 bits per heavy atom. The van der Waals surface area contributed by atoms with Crippen molar-refractivity contribution in [2.45, 2.75) is 6.23 Å². The summed E-state index contributed by atoms with van der Waals surface area (Å²) in [5.74, 6) is -3.42. The fourth-order valence-corrected chi connectivity index (χ4v) is 0.873. The smallest absolute Gasteiger partial charge is 0.329 e. The van der Waals surface area contributed by atoms with Crippen LogP contribution in [0.15, 0.2) is 0 Å². The van der Waals surface area contributed by atoms with Crippen LogP contribution in [-0.4, -0.2) is 65.7 Å². The summed E-state index contributed by atoms with van der Waals surface area (Å²) in [4.78, 5) is 30.7. The van der Waals surface area contributed by atoms with E-state index in [0.717, 1.165) is 0 Å². The standard InChI is InChI=1S/C8H14N2O7/c11-6(12)2-9-1-5(10-3-7(13)14)17-4-8(15)16/h5,9-10H,1-4H2,(H,11,12)(H,13,14)(H,15,16). The first-order valence-corrected chi connectivity index (χ1v) is 4.63. The molecule has 9 heteroatoms. The summed E-state index contributed by atoms with van der Waals surface area (Å²) in [6, 6.07) is 0. The van der Waals surface area contributed by atoms with Gasteiger partial charge in [-0.25, -0.2) is 4.79 Å². The molecule has 98 valence electrons. The molecule has 0 radical (unpaired) electrons. The van der Waals surface area contributed by atoms with Crippen molar-refractivity contribution in [2.24, 2.45) is 0 Å². The van der Waals surface area contributed by atoms with E-state index in [9.17, 15) is 14.4 Å². The molecule has 0 aliphatic carbocycles. The third kappa shape index (κ3) is 10.6. The number of aliphatic carboxylic acids is 3. The monoisotopic (exact) mass is 250 g/mol. The number of carbonyl (C=O) groups is 3. The van der Waals surface area contributed by atoms with Gasteiger partial charge in [-0.1, -0.05) is 0 Å². The van der Waals surface area contributed by atoms with Gasteiger partial charge in [-0.05, 0) is 0 Å². The van der Waals surface area contributed by atoms with Gasteiger partial charge in [-0.2, -0.15) is 0 Å². The summed E-state index contributed by atoms with van der Waals surface area (Å²) in [5, 5.41) is 30.0. The highest BCUT2D eigenvalue weighted by Crippen LogP contribution is 1.86. The SMILES string of the molecule is O=C(O)CNCC(NCC(=O)O)OCC(=O)O. The molecule has 0 heterocycles. The minimum atomic E-state index is -1.20. The van der Waals surface area contributed by atoms with Crippen LogP contribution in [0.2, 0.25) is 0 Å². The van der Waals surface area contributed by atoms with Crippen molar-refractivity contribution in [1.29, 1.82) is 0 Å². The normalized spacial score (nSPS) is 12.0. The summed E-state index contributed by atoms with van der Waals surface area (Å²) >= 11 is 0. The maximum Gasteiger partial charge on any atom is 0.329 e. The number of carboxylic acids is 3. The Hall–Kier alpha value is -1.71. The van der Waals surface area contributed by atoms with Crippen LogP contribution < -0.4 is 10.6 Å². The molecule has 0 bridgehead atoms. The highest BCUT2D eigenvalue weighted by molar-refractivity contribution is 5.69. The van der Waals surface area contributed by atoms with Crippen LogP contribution in [-0.2, 0) is 19.1 Å². The highest BCUT2D eigenvalue weighted by Gasteiger charge is 2.12. The molecular formula is C8H14N2O7. The lowest BCUT2D eigenvalue weighted by Crippen LogP contribution is -2.44. The number of hydrogen-bond donors (Lipinski definition) is 5. The number of nitrogens with one attached hydrogen (secondary N) is 2. The molecule has 0 spiro atoms. The van der Waals surface area contributed by atoms with E-state index in [2.05, 4.69) is 10.6 Å². The first-order valence-electron chi connectivity index (χ1n) is 4.63. The zero-order chi connectivity index (χ0) is 13.3. The third-order valence-electron chi connectivity index (χ3n) is 1.49. The maximum atomic E-state index is 10.3. The molecule has 0 aromatic heterocycles. The van der Waals surface area contributed by atoms with Crippen molar-refractivity contribution in [2.75, 3.05) is 26.2 Å². The molecular weight excluding hydrogens is 236 g/mol. The summed E-state index contributed by atoms with van der Waals surface area (Å²) in [6.45, 7) is -1.38. The largest absolute Gasteiger partial charge is 0.480 e. The molecule has 0 saturated carbocycles. The van der Waals surface area contributed by atoms with Gasteiger partial charge in [0.15, 0.2) is 0 Å². The molecule has 0 fully saturated rings. The van der Waals surface area contributed by atoms with Crippen LogP contribution in [0.4, 0.5) is 0 Å². The minimum Gasteiger partial charge on any atom is -0.480 e. The first kappa shape index (κ1) is 15.3. The fourth-order valence-electron chi connectivity index (χ4n) is 0.873. The van der Waals surface area contributed by atoms with E-state index in [1.54, 1.807) is 0 Å². The average molecular weight is 250 g/mol. The second-order valence-electron chi connectivity index (χ2n) is 2.99. The van der Waals surface area contributed by atoms with Gasteiger partial charge in [-0.15, -0.1) is 0 Å². The molecule has 0 aliphatic rings. The van der Waals surface area contributed by atoms with E-state index < -0.39 is 37.3 Å². The van der Waals surface area contributed by atoms with Crippen LogP contribution >= 0.6 is 0 Å². The van der Waals surface area contributed by atoms with Crippen LogP contribution in [0.1, 0.15) is 0 Å². The Balaban J connectivity index is 3.95. The topological polar surface area (TPSA) is 145 Å². The Labute approximate surface area is 96.4 Å². The molecule has 0 amide bonds. The van der Waals surface area contributed by atoms with Gasteiger partial charge < -0.3 is 25.4 Å². The summed E-state index contributed by atoms with van der Waals surface area (Å²) < 4.78 is 4.81. The van der Waals surface area contributed by atoms with E-state index in [1.807, 2.05) is 0 Å². The Bertz CT molecular complexity index is 263. The highest BCUT2D eigenvalue weighted by atomic mass is 16.5. The van der Waals surface area contributed by atoms with E-state index in [0.29, 0.717) is 0 Å². The van der Waals surface area contributed by atoms with Crippen molar-refractivity contribution < 1.29 is 34.4 Å². The molecule has 0 aromatic carbocycles. The van der Waals surface area contributed by atoms with E-state index in [1.165, 1.54) is 0 Å². The molecule has 0 aromatic rings. The predicted octanol–water partition coefficient (Wildman–Crippen LogP) is -2.24. The third-order valence-corrected chi connectivity index (χ3v) is 1.49. The first-order chi connectivity index (χ1) is 7.91. The molecule has 1 atom stereocenters. The van der Waals surface area contributed by atoms with Crippen molar-refractivity contribution in [3.8, 4) is 0 Å². The number of ether oxygens (including phenoxy) is 1. The average Bonchev–Trinajstić information content (AvgIpc) is 2.20. The Morgan fingerprint density at radius 3 is 2.06 bits per heavy atom. The predicted molar refractivity (Wildman–Crippen MR) is 53.5 cm³/mol. The van der Waals surface area contributed by atoms with Crippen molar-refractivity contribution in [3.63, 3.8) is 0 Å². The second kappa shape index (κ2) is 8.44. The van der Waals surface area contributed by atoms with Gasteiger partial charge in [0.05, 0.1) is 13.1 Å². The second-order valence-corrected chi connectivity index (χ2v) is 2.99. The van der Waals surface area contributed by atoms with Crippen molar-refractivity contribution in [1.82, 2.24) is 10.6 Å². The van der Waals surface area contributed by atoms with Gasteiger partial charge in [0, 0.05) is 6.54 Å². The fraction of sp³-hybridized carbons (Fsp3) is 0.625. The van der Waals surface area contributed by atoms with E-state index >= 15 is 0 Å². The van der Waals surface area contributed by atoms with Crippen LogP contribution in [0.3, 0.4) is 0 Å². The quantitative estimate of drug-likeness (QED) is 0.272. The summed E-state index contributed by atoms with van der Waals surface area (Å²) in [5.41, 5.74) is 0. The lowest BCUT2D eigenvalue weighted by molar-refractivity contribution is -0.145. The zero-order valence-corrected chi connectivity index (χ0v) is 8.88. The number of carboxylic acid groups (broad SMARTS) is 3. The van der Waals surface area contributed by atoms with Crippen LogP contribution in [0, 0.1) is 0 Å². The summed E-state index contributed by atoms with van der Waals surface area (Å²) in [7, 11) is 0. The molecule has 1 unspecified atom stereocenters. The van der Waals surface area contributed by atoms with Gasteiger partial charge in [0.2, 0.25) is 0 Å². The van der Waals surface area contributed by atoms with Crippen LogP contribution in [0.25, 0.3) is 0 Å². The molecule has 17 heavy (non-hydrogen) atoms. The number of hydrogen-bond acceptors (Lipinski definition) is 6.